The van der Waals surface area contributed by atoms with Crippen LogP contribution in [0.25, 0.3) is 10.9 Å². The summed E-state index contributed by atoms with van der Waals surface area (Å²) >= 11 is 9.40. The number of benzene rings is 1. The van der Waals surface area contributed by atoms with Crippen LogP contribution in [0.4, 0.5) is 15.5 Å². The van der Waals surface area contributed by atoms with E-state index < -0.39 is 23.4 Å². The summed E-state index contributed by atoms with van der Waals surface area (Å²) < 4.78 is 11.3. The molecule has 27 heavy (non-hydrogen) atoms. The third-order valence-corrected chi connectivity index (χ3v) is 4.16. The minimum Gasteiger partial charge on any atom is -0.443 e. The Morgan fingerprint density at radius 1 is 1.04 bits per heavy atom. The van der Waals surface area contributed by atoms with Crippen molar-refractivity contribution in [3.8, 4) is 0 Å². The summed E-state index contributed by atoms with van der Waals surface area (Å²) in [4.78, 5) is 34.4. The van der Waals surface area contributed by atoms with Gasteiger partial charge in [-0.05, 0) is 69.6 Å². The van der Waals surface area contributed by atoms with Crippen molar-refractivity contribution < 1.29 is 19.1 Å². The number of aromatic nitrogens is 2. The molecule has 0 aliphatic heterocycles. The number of ether oxygens (including phenoxy) is 2. The fourth-order valence-corrected chi connectivity index (χ4v) is 2.48. The van der Waals surface area contributed by atoms with E-state index in [-0.39, 0.29) is 5.95 Å². The molecular weight excluding hydrogens is 438 g/mol. The van der Waals surface area contributed by atoms with Crippen LogP contribution in [-0.2, 0) is 9.47 Å². The maximum atomic E-state index is 12.6. The summed E-state index contributed by atoms with van der Waals surface area (Å²) in [5, 5.41) is 1.15. The van der Waals surface area contributed by atoms with E-state index in [4.69, 9.17) is 21.1 Å². The lowest BCUT2D eigenvalue weighted by Gasteiger charge is -2.27. The lowest BCUT2D eigenvalue weighted by molar-refractivity contribution is 0.0427. The van der Waals surface area contributed by atoms with Crippen molar-refractivity contribution in [2.24, 2.45) is 0 Å². The van der Waals surface area contributed by atoms with Crippen molar-refractivity contribution >= 4 is 56.6 Å². The number of hydrogen-bond donors (Lipinski definition) is 0. The second kappa shape index (κ2) is 7.59. The third-order valence-electron chi connectivity index (χ3n) is 2.96. The SMILES string of the molecule is CC(C)(C)OC(=O)N(C(=O)OC(C)(C)C)c1ncc2cc(Cl)c(Br)cc2n1. The van der Waals surface area contributed by atoms with Gasteiger partial charge in [0.25, 0.3) is 0 Å². The van der Waals surface area contributed by atoms with Gasteiger partial charge in [0.1, 0.15) is 11.2 Å². The quantitative estimate of drug-likeness (QED) is 0.543. The average molecular weight is 459 g/mol. The van der Waals surface area contributed by atoms with Crippen molar-refractivity contribution in [2.45, 2.75) is 52.7 Å². The number of hydrogen-bond acceptors (Lipinski definition) is 6. The first-order chi connectivity index (χ1) is 12.3. The molecule has 0 spiro atoms. The monoisotopic (exact) mass is 457 g/mol. The Labute approximate surface area is 171 Å². The highest BCUT2D eigenvalue weighted by Crippen LogP contribution is 2.28. The molecule has 0 atom stereocenters. The van der Waals surface area contributed by atoms with Gasteiger partial charge in [0.05, 0.1) is 10.5 Å². The summed E-state index contributed by atoms with van der Waals surface area (Å²) in [7, 11) is 0. The lowest BCUT2D eigenvalue weighted by atomic mass is 10.2. The van der Waals surface area contributed by atoms with Gasteiger partial charge in [-0.15, -0.1) is 4.90 Å². The van der Waals surface area contributed by atoms with Gasteiger partial charge in [0.2, 0.25) is 5.95 Å². The number of amides is 2. The summed E-state index contributed by atoms with van der Waals surface area (Å²) in [6.45, 7) is 10.2. The molecule has 9 heteroatoms. The normalized spacial score (nSPS) is 12.0. The molecule has 0 bridgehead atoms. The highest BCUT2D eigenvalue weighted by atomic mass is 79.9. The number of carbonyl (C=O) groups excluding carboxylic acids is 2. The van der Waals surface area contributed by atoms with Crippen LogP contribution in [0.3, 0.4) is 0 Å². The summed E-state index contributed by atoms with van der Waals surface area (Å²) in [6.07, 6.45) is -0.384. The average Bonchev–Trinajstić information content (AvgIpc) is 2.45. The molecule has 1 heterocycles. The van der Waals surface area contributed by atoms with Crippen LogP contribution in [-0.4, -0.2) is 33.4 Å². The third kappa shape index (κ3) is 5.77. The van der Waals surface area contributed by atoms with E-state index in [1.54, 1.807) is 53.7 Å². The molecule has 2 aromatic rings. The molecule has 0 aliphatic carbocycles. The van der Waals surface area contributed by atoms with Gasteiger partial charge in [-0.25, -0.2) is 19.6 Å². The number of anilines is 1. The molecule has 0 unspecified atom stereocenters. The molecule has 0 fully saturated rings. The van der Waals surface area contributed by atoms with Crippen molar-refractivity contribution in [3.63, 3.8) is 0 Å². The Morgan fingerprint density at radius 2 is 1.56 bits per heavy atom. The summed E-state index contributed by atoms with van der Waals surface area (Å²) in [5.74, 6) is -0.153. The topological polar surface area (TPSA) is 81.6 Å². The van der Waals surface area contributed by atoms with Crippen LogP contribution < -0.4 is 4.90 Å². The van der Waals surface area contributed by atoms with Gasteiger partial charge in [0.15, 0.2) is 0 Å². The molecule has 7 nitrogen and oxygen atoms in total. The first-order valence-corrected chi connectivity index (χ1v) is 9.32. The maximum absolute atomic E-state index is 12.6. The number of rotatable bonds is 1. The zero-order valence-electron chi connectivity index (χ0n) is 16.0. The number of carbonyl (C=O) groups is 2. The molecule has 0 saturated carbocycles. The molecular formula is C18H21BrClN3O4. The van der Waals surface area contributed by atoms with E-state index in [0.717, 1.165) is 0 Å². The van der Waals surface area contributed by atoms with Crippen LogP contribution in [0.2, 0.25) is 5.02 Å². The Bertz CT molecular complexity index is 863. The van der Waals surface area contributed by atoms with E-state index in [0.29, 0.717) is 25.3 Å². The van der Waals surface area contributed by atoms with E-state index in [9.17, 15) is 9.59 Å². The molecule has 2 amide bonds. The van der Waals surface area contributed by atoms with Gasteiger partial charge in [-0.2, -0.15) is 0 Å². The van der Waals surface area contributed by atoms with Gasteiger partial charge in [0, 0.05) is 16.1 Å². The van der Waals surface area contributed by atoms with E-state index >= 15 is 0 Å². The van der Waals surface area contributed by atoms with Crippen molar-refractivity contribution in [1.82, 2.24) is 9.97 Å². The molecule has 2 rings (SSSR count). The molecule has 0 saturated heterocycles. The van der Waals surface area contributed by atoms with Crippen LogP contribution in [0.1, 0.15) is 41.5 Å². The van der Waals surface area contributed by atoms with Gasteiger partial charge in [-0.1, -0.05) is 11.6 Å². The zero-order chi connectivity index (χ0) is 20.6. The van der Waals surface area contributed by atoms with E-state index in [1.807, 2.05) is 0 Å². The molecule has 0 aliphatic rings. The molecule has 0 N–H and O–H groups in total. The predicted molar refractivity (Wildman–Crippen MR) is 107 cm³/mol. The largest absolute Gasteiger partial charge is 0.443 e. The minimum absolute atomic E-state index is 0.153. The Hall–Kier alpha value is -1.93. The fraction of sp³-hybridized carbons (Fsp3) is 0.444. The Kier molecular flexibility index (Phi) is 6.01. The number of nitrogens with zero attached hydrogens (tertiary/aromatic N) is 3. The van der Waals surface area contributed by atoms with Crippen molar-refractivity contribution in [3.05, 3.63) is 27.8 Å². The number of fused-ring (bicyclic) bond motifs is 1. The molecule has 0 radical (unpaired) electrons. The van der Waals surface area contributed by atoms with Gasteiger partial charge >= 0.3 is 12.2 Å². The van der Waals surface area contributed by atoms with Crippen molar-refractivity contribution in [1.29, 1.82) is 0 Å². The van der Waals surface area contributed by atoms with Crippen LogP contribution in [0.15, 0.2) is 22.8 Å². The highest BCUT2D eigenvalue weighted by molar-refractivity contribution is 9.10. The Morgan fingerprint density at radius 3 is 2.04 bits per heavy atom. The summed E-state index contributed by atoms with van der Waals surface area (Å²) in [5.41, 5.74) is -1.14. The van der Waals surface area contributed by atoms with Crippen LogP contribution in [0.5, 0.6) is 0 Å². The minimum atomic E-state index is -0.927. The highest BCUT2D eigenvalue weighted by Gasteiger charge is 2.34. The van der Waals surface area contributed by atoms with Gasteiger partial charge in [-0.3, -0.25) is 0 Å². The maximum Gasteiger partial charge on any atom is 0.427 e. The molecule has 146 valence electrons. The van der Waals surface area contributed by atoms with E-state index in [1.165, 1.54) is 6.20 Å². The second-order valence-electron chi connectivity index (χ2n) is 7.79. The Balaban J connectivity index is 2.51. The lowest BCUT2D eigenvalue weighted by Crippen LogP contribution is -2.44. The first kappa shape index (κ1) is 21.4. The smallest absolute Gasteiger partial charge is 0.427 e. The number of imide groups is 1. The predicted octanol–water partition coefficient (Wildman–Crippen LogP) is 5.72. The molecule has 1 aromatic heterocycles. The summed E-state index contributed by atoms with van der Waals surface area (Å²) in [6, 6.07) is 3.35. The number of halogens is 2. The second-order valence-corrected chi connectivity index (χ2v) is 9.05. The fourth-order valence-electron chi connectivity index (χ4n) is 1.98. The standard InChI is InChI=1S/C18H21BrClN3O4/c1-17(2,3)26-15(24)23(16(25)27-18(4,5)6)14-21-9-10-7-12(20)11(19)8-13(10)22-14/h7-9H,1-6H3. The van der Waals surface area contributed by atoms with Crippen LogP contribution >= 0.6 is 27.5 Å². The van der Waals surface area contributed by atoms with Crippen LogP contribution in [0, 0.1) is 0 Å². The zero-order valence-corrected chi connectivity index (χ0v) is 18.3. The van der Waals surface area contributed by atoms with Crippen molar-refractivity contribution in [2.75, 3.05) is 4.90 Å². The van der Waals surface area contributed by atoms with Gasteiger partial charge < -0.3 is 9.47 Å². The first-order valence-electron chi connectivity index (χ1n) is 8.15. The molecule has 1 aromatic carbocycles. The van der Waals surface area contributed by atoms with E-state index in [2.05, 4.69) is 25.9 Å².